The van der Waals surface area contributed by atoms with Gasteiger partial charge in [0.15, 0.2) is 0 Å². The van der Waals surface area contributed by atoms with E-state index in [1.807, 2.05) is 0 Å². The summed E-state index contributed by atoms with van der Waals surface area (Å²) in [5, 5.41) is 48.8. The molecule has 0 fully saturated rings. The zero-order valence-electron chi connectivity index (χ0n) is 16.2. The van der Waals surface area contributed by atoms with Crippen LogP contribution >= 0.6 is 0 Å². The Morgan fingerprint density at radius 3 is 1.41 bits per heavy atom. The van der Waals surface area contributed by atoms with E-state index in [2.05, 4.69) is 14.1 Å². The fourth-order valence-electron chi connectivity index (χ4n) is 2.33. The minimum atomic E-state index is -5.55. The third kappa shape index (κ3) is 11.0. The minimum Gasteiger partial charge on any atom is -0.744 e. The molecular formula is C16H30N4O11S. The van der Waals surface area contributed by atoms with Crippen LogP contribution in [0.4, 0.5) is 17.1 Å². The second-order valence-electron chi connectivity index (χ2n) is 6.58. The van der Waals surface area contributed by atoms with E-state index in [0.29, 0.717) is 0 Å². The van der Waals surface area contributed by atoms with Gasteiger partial charge in [-0.3, -0.25) is 30.3 Å². The molecule has 0 unspecified atom stereocenters. The molecular weight excluding hydrogens is 456 g/mol. The first kappa shape index (κ1) is 33.8. The van der Waals surface area contributed by atoms with Gasteiger partial charge in [0.05, 0.1) is 54.1 Å². The van der Waals surface area contributed by atoms with Crippen LogP contribution in [0.3, 0.4) is 0 Å². The van der Waals surface area contributed by atoms with Gasteiger partial charge >= 0.3 is 11.4 Å². The van der Waals surface area contributed by atoms with Crippen molar-refractivity contribution in [3.8, 4) is 0 Å². The maximum Gasteiger partial charge on any atom is 0.300 e. The van der Waals surface area contributed by atoms with E-state index >= 15 is 0 Å². The van der Waals surface area contributed by atoms with Crippen LogP contribution in [0.15, 0.2) is 17.0 Å². The van der Waals surface area contributed by atoms with Crippen LogP contribution in [0.25, 0.3) is 0 Å². The van der Waals surface area contributed by atoms with Crippen molar-refractivity contribution in [2.75, 3.05) is 40.4 Å². The molecule has 0 spiro atoms. The quantitative estimate of drug-likeness (QED) is 0.208. The molecule has 186 valence electrons. The molecule has 0 bridgehead atoms. The predicted octanol–water partition coefficient (Wildman–Crippen LogP) is 1.42. The average molecular weight is 487 g/mol. The highest BCUT2D eigenvalue weighted by Gasteiger charge is 2.34. The van der Waals surface area contributed by atoms with Gasteiger partial charge in [-0.05, 0) is 0 Å². The monoisotopic (exact) mass is 486 g/mol. The lowest BCUT2D eigenvalue weighted by atomic mass is 10.2. The zero-order chi connectivity index (χ0) is 23.7. The van der Waals surface area contributed by atoms with Gasteiger partial charge in [0, 0.05) is 26.1 Å². The molecule has 0 heterocycles. The second kappa shape index (κ2) is 14.3. The van der Waals surface area contributed by atoms with Crippen LogP contribution in [0.2, 0.25) is 0 Å². The normalized spacial score (nSPS) is 10.7. The minimum absolute atomic E-state index is 0. The molecule has 0 aliphatic heterocycles. The Hall–Kier alpha value is -2.79. The Labute approximate surface area is 185 Å². The lowest BCUT2D eigenvalue weighted by Gasteiger charge is -2.29. The van der Waals surface area contributed by atoms with E-state index in [4.69, 9.17) is 10.2 Å². The molecule has 1 aromatic carbocycles. The van der Waals surface area contributed by atoms with Gasteiger partial charge in [-0.25, -0.2) is 8.42 Å². The maximum atomic E-state index is 10.8. The summed E-state index contributed by atoms with van der Waals surface area (Å²) in [4.78, 5) is 25.8. The Balaban J connectivity index is -0.000000562. The molecule has 0 saturated carbocycles. The SMILES string of the molecule is C.C.C[N+](C)(CCCO)CCCO.O=[N+]([O-])c1cc([N+](=O)[O-])c(S(=O)(=O)[O-])c([N+](=O)[O-])c1. The number of nitrogens with zero attached hydrogens (tertiary/aromatic N) is 4. The summed E-state index contributed by atoms with van der Waals surface area (Å²) in [6, 6.07) is 0.329. The van der Waals surface area contributed by atoms with E-state index in [0.717, 1.165) is 30.4 Å². The molecule has 0 saturated heterocycles. The Kier molecular flexibility index (Phi) is 15.1. The van der Waals surface area contributed by atoms with Gasteiger partial charge in [0.25, 0.3) is 5.69 Å². The summed E-state index contributed by atoms with van der Waals surface area (Å²) in [5.74, 6) is 0. The molecule has 0 aromatic heterocycles. The van der Waals surface area contributed by atoms with E-state index in [9.17, 15) is 43.3 Å². The van der Waals surface area contributed by atoms with Gasteiger partial charge in [0.2, 0.25) is 4.90 Å². The topological polar surface area (TPSA) is 227 Å². The van der Waals surface area contributed by atoms with Gasteiger partial charge < -0.3 is 19.2 Å². The number of hydrogen-bond donors (Lipinski definition) is 2. The Morgan fingerprint density at radius 1 is 0.844 bits per heavy atom. The molecule has 15 nitrogen and oxygen atoms in total. The largest absolute Gasteiger partial charge is 0.744 e. The first-order chi connectivity index (χ1) is 13.7. The standard InChI is InChI=1S/C8H20NO2.C6H3N3O9S.2CH4/c1-9(2,5-3-7-10)6-4-8-11;10-7(11)3-1-4(8(12)13)6(19(16,17)18)5(2-3)9(14)15;;/h10-11H,3-8H2,1-2H3;1-2H,(H,16,17,18);2*1H4/q+1;;;/p-1. The molecule has 1 rings (SSSR count). The number of aliphatic hydroxyl groups is 2. The third-order valence-corrected chi connectivity index (χ3v) is 4.65. The fourth-order valence-corrected chi connectivity index (χ4v) is 3.11. The molecule has 16 heteroatoms. The molecule has 32 heavy (non-hydrogen) atoms. The van der Waals surface area contributed by atoms with Gasteiger partial charge in [0.1, 0.15) is 10.1 Å². The number of rotatable bonds is 10. The predicted molar refractivity (Wildman–Crippen MR) is 113 cm³/mol. The number of hydrogen-bond acceptors (Lipinski definition) is 11. The lowest BCUT2D eigenvalue weighted by Crippen LogP contribution is -2.41. The smallest absolute Gasteiger partial charge is 0.300 e. The number of quaternary nitrogens is 1. The number of non-ortho nitro benzene ring substituents is 1. The molecule has 0 aliphatic carbocycles. The molecule has 0 amide bonds. The summed E-state index contributed by atoms with van der Waals surface area (Å²) in [6.45, 7) is 2.49. The van der Waals surface area contributed by atoms with E-state index in [-0.39, 0.29) is 40.2 Å². The van der Waals surface area contributed by atoms with Gasteiger partial charge in [-0.15, -0.1) is 0 Å². The van der Waals surface area contributed by atoms with Crippen LogP contribution in [-0.4, -0.2) is 82.8 Å². The van der Waals surface area contributed by atoms with Crippen LogP contribution in [0, 0.1) is 30.3 Å². The van der Waals surface area contributed by atoms with Crippen molar-refractivity contribution in [2.45, 2.75) is 32.6 Å². The highest BCUT2D eigenvalue weighted by molar-refractivity contribution is 7.86. The van der Waals surface area contributed by atoms with Crippen molar-refractivity contribution < 1.29 is 42.4 Å². The molecule has 0 atom stereocenters. The number of benzene rings is 1. The van der Waals surface area contributed by atoms with Crippen molar-refractivity contribution in [2.24, 2.45) is 0 Å². The lowest BCUT2D eigenvalue weighted by molar-refractivity contribution is -0.890. The van der Waals surface area contributed by atoms with Gasteiger partial charge in [-0.1, -0.05) is 14.9 Å². The maximum absolute atomic E-state index is 10.8. The highest BCUT2D eigenvalue weighted by Crippen LogP contribution is 2.36. The summed E-state index contributed by atoms with van der Waals surface area (Å²) in [5.41, 5.74) is -4.11. The first-order valence-corrected chi connectivity index (χ1v) is 9.69. The number of aliphatic hydroxyl groups excluding tert-OH is 2. The summed E-state index contributed by atoms with van der Waals surface area (Å²) < 4.78 is 33.4. The molecule has 1 aromatic rings. The van der Waals surface area contributed by atoms with E-state index in [1.165, 1.54) is 0 Å². The van der Waals surface area contributed by atoms with Crippen molar-refractivity contribution in [1.29, 1.82) is 0 Å². The van der Waals surface area contributed by atoms with Gasteiger partial charge in [-0.2, -0.15) is 0 Å². The molecule has 0 aliphatic rings. The second-order valence-corrected chi connectivity index (χ2v) is 7.89. The zero-order valence-corrected chi connectivity index (χ0v) is 17.0. The summed E-state index contributed by atoms with van der Waals surface area (Å²) in [7, 11) is -1.32. The summed E-state index contributed by atoms with van der Waals surface area (Å²) in [6.07, 6.45) is 1.69. The van der Waals surface area contributed by atoms with Crippen molar-refractivity contribution in [3.63, 3.8) is 0 Å². The highest BCUT2D eigenvalue weighted by atomic mass is 32.2. The van der Waals surface area contributed by atoms with Crippen LogP contribution in [-0.2, 0) is 10.1 Å². The third-order valence-electron chi connectivity index (χ3n) is 3.73. The fraction of sp³-hybridized carbons (Fsp3) is 0.625. The van der Waals surface area contributed by atoms with Crippen LogP contribution in [0.5, 0.6) is 0 Å². The van der Waals surface area contributed by atoms with Crippen LogP contribution in [0.1, 0.15) is 27.7 Å². The first-order valence-electron chi connectivity index (χ1n) is 8.28. The summed E-state index contributed by atoms with van der Waals surface area (Å²) >= 11 is 0. The Morgan fingerprint density at radius 2 is 1.19 bits per heavy atom. The van der Waals surface area contributed by atoms with Crippen molar-refractivity contribution in [3.05, 3.63) is 42.5 Å². The molecule has 0 radical (unpaired) electrons. The van der Waals surface area contributed by atoms with Crippen LogP contribution < -0.4 is 0 Å². The molecule has 2 N–H and O–H groups in total. The van der Waals surface area contributed by atoms with E-state index < -0.39 is 46.8 Å². The number of nitro groups is 3. The Bertz CT molecular complexity index is 843. The van der Waals surface area contributed by atoms with E-state index in [1.54, 1.807) is 0 Å². The number of nitro benzene ring substituents is 3. The van der Waals surface area contributed by atoms with Crippen molar-refractivity contribution in [1.82, 2.24) is 0 Å². The van der Waals surface area contributed by atoms with Crippen molar-refractivity contribution >= 4 is 27.2 Å². The average Bonchev–Trinajstić information content (AvgIpc) is 2.63.